The number of methoxy groups -OCH3 is 1. The Balaban J connectivity index is 1.56. The Morgan fingerprint density at radius 3 is 2.71 bits per heavy atom. The highest BCUT2D eigenvalue weighted by atomic mass is 35.5. The molecule has 28 heavy (non-hydrogen) atoms. The molecule has 2 amide bonds. The quantitative estimate of drug-likeness (QED) is 0.464. The monoisotopic (exact) mass is 418 g/mol. The smallest absolute Gasteiger partial charge is 0.273 e. The molecule has 0 radical (unpaired) electrons. The summed E-state index contributed by atoms with van der Waals surface area (Å²) < 4.78 is 6.64. The molecular formula is C17H15ClN6O3S. The molecule has 0 aliphatic carbocycles. The Kier molecular flexibility index (Phi) is 6.45. The van der Waals surface area contributed by atoms with Gasteiger partial charge in [0.15, 0.2) is 0 Å². The van der Waals surface area contributed by atoms with E-state index in [9.17, 15) is 9.59 Å². The molecular weight excluding hydrogens is 404 g/mol. The third-order valence-electron chi connectivity index (χ3n) is 3.50. The van der Waals surface area contributed by atoms with Crippen LogP contribution in [0.25, 0.3) is 5.69 Å². The van der Waals surface area contributed by atoms with Crippen LogP contribution in [0.1, 0.15) is 10.4 Å². The van der Waals surface area contributed by atoms with Crippen LogP contribution < -0.4 is 15.6 Å². The SMILES string of the molecule is COc1ccc(Cl)cc1C(=O)NNC(=O)CSc1nnnn1-c1ccccc1. The van der Waals surface area contributed by atoms with Gasteiger partial charge in [-0.2, -0.15) is 4.68 Å². The molecule has 3 aromatic rings. The van der Waals surface area contributed by atoms with E-state index in [0.29, 0.717) is 15.9 Å². The fourth-order valence-corrected chi connectivity index (χ4v) is 3.08. The highest BCUT2D eigenvalue weighted by Gasteiger charge is 2.15. The number of hydrogen-bond donors (Lipinski definition) is 2. The van der Waals surface area contributed by atoms with Crippen LogP contribution >= 0.6 is 23.4 Å². The van der Waals surface area contributed by atoms with Crippen molar-refractivity contribution in [3.05, 3.63) is 59.1 Å². The van der Waals surface area contributed by atoms with Crippen molar-refractivity contribution in [2.45, 2.75) is 5.16 Å². The second-order valence-corrected chi connectivity index (χ2v) is 6.72. The number of nitrogens with one attached hydrogen (secondary N) is 2. The molecule has 0 saturated carbocycles. The maximum Gasteiger partial charge on any atom is 0.273 e. The number of amides is 2. The van der Waals surface area contributed by atoms with E-state index in [2.05, 4.69) is 26.4 Å². The number of carbonyl (C=O) groups is 2. The van der Waals surface area contributed by atoms with E-state index >= 15 is 0 Å². The number of thioether (sulfide) groups is 1. The largest absolute Gasteiger partial charge is 0.496 e. The Hall–Kier alpha value is -3.11. The number of tetrazole rings is 1. The number of hydrazine groups is 1. The average molecular weight is 419 g/mol. The summed E-state index contributed by atoms with van der Waals surface area (Å²) in [5, 5.41) is 12.3. The van der Waals surface area contributed by atoms with Gasteiger partial charge in [0.1, 0.15) is 5.75 Å². The van der Waals surface area contributed by atoms with Gasteiger partial charge in [0.05, 0.1) is 24.1 Å². The van der Waals surface area contributed by atoms with E-state index in [1.54, 1.807) is 12.1 Å². The number of ether oxygens (including phenoxy) is 1. The lowest BCUT2D eigenvalue weighted by atomic mass is 10.2. The second kappa shape index (κ2) is 9.20. The average Bonchev–Trinajstić information content (AvgIpc) is 3.19. The fourth-order valence-electron chi connectivity index (χ4n) is 2.22. The predicted octanol–water partition coefficient (Wildman–Crippen LogP) is 1.88. The zero-order chi connectivity index (χ0) is 19.9. The van der Waals surface area contributed by atoms with E-state index in [0.717, 1.165) is 17.4 Å². The number of halogens is 1. The van der Waals surface area contributed by atoms with Crippen molar-refractivity contribution >= 4 is 35.2 Å². The minimum absolute atomic E-state index is 0.000166. The summed E-state index contributed by atoms with van der Waals surface area (Å²) in [5.41, 5.74) is 5.65. The Labute approximate surface area is 169 Å². The van der Waals surface area contributed by atoms with E-state index in [1.807, 2.05) is 30.3 Å². The minimum atomic E-state index is -0.549. The molecule has 0 spiro atoms. The highest BCUT2D eigenvalue weighted by Crippen LogP contribution is 2.22. The first-order valence-electron chi connectivity index (χ1n) is 7.98. The number of benzene rings is 2. The van der Waals surface area contributed by atoms with Crippen molar-refractivity contribution in [3.63, 3.8) is 0 Å². The van der Waals surface area contributed by atoms with Gasteiger partial charge >= 0.3 is 0 Å². The summed E-state index contributed by atoms with van der Waals surface area (Å²) in [6.45, 7) is 0. The normalized spacial score (nSPS) is 10.4. The van der Waals surface area contributed by atoms with Gasteiger partial charge in [0.2, 0.25) is 11.1 Å². The first-order chi connectivity index (χ1) is 13.6. The number of carbonyl (C=O) groups excluding carboxylic acids is 2. The van der Waals surface area contributed by atoms with Crippen molar-refractivity contribution in [1.29, 1.82) is 0 Å². The zero-order valence-electron chi connectivity index (χ0n) is 14.6. The highest BCUT2D eigenvalue weighted by molar-refractivity contribution is 7.99. The first-order valence-corrected chi connectivity index (χ1v) is 9.34. The standard InChI is InChI=1S/C17H15ClN6O3S/c1-27-14-8-7-11(18)9-13(14)16(26)20-19-15(25)10-28-17-21-22-23-24(17)12-5-3-2-4-6-12/h2-9H,10H2,1H3,(H,19,25)(H,20,26). The van der Waals surface area contributed by atoms with Crippen LogP contribution in [0.5, 0.6) is 5.75 Å². The van der Waals surface area contributed by atoms with Crippen molar-refractivity contribution in [2.24, 2.45) is 0 Å². The summed E-state index contributed by atoms with van der Waals surface area (Å²) in [6, 6.07) is 13.9. The van der Waals surface area contributed by atoms with Gasteiger partial charge < -0.3 is 4.74 Å². The van der Waals surface area contributed by atoms with Gasteiger partial charge in [-0.05, 0) is 40.8 Å². The molecule has 0 fully saturated rings. The maximum absolute atomic E-state index is 12.2. The van der Waals surface area contributed by atoms with E-state index in [-0.39, 0.29) is 11.3 Å². The molecule has 0 aliphatic heterocycles. The van der Waals surface area contributed by atoms with Gasteiger partial charge in [-0.3, -0.25) is 20.4 Å². The van der Waals surface area contributed by atoms with Crippen LogP contribution in [0, 0.1) is 0 Å². The van der Waals surface area contributed by atoms with Crippen LogP contribution in [0.2, 0.25) is 5.02 Å². The molecule has 0 atom stereocenters. The Morgan fingerprint density at radius 2 is 1.96 bits per heavy atom. The topological polar surface area (TPSA) is 111 Å². The van der Waals surface area contributed by atoms with Crippen LogP contribution in [0.15, 0.2) is 53.7 Å². The molecule has 2 N–H and O–H groups in total. The lowest BCUT2D eigenvalue weighted by Gasteiger charge is -2.10. The van der Waals surface area contributed by atoms with Gasteiger partial charge in [0.25, 0.3) is 5.91 Å². The third-order valence-corrected chi connectivity index (χ3v) is 4.65. The number of hydrogen-bond acceptors (Lipinski definition) is 7. The molecule has 0 saturated heterocycles. The third kappa shape index (κ3) is 4.78. The summed E-state index contributed by atoms with van der Waals surface area (Å²) in [6.07, 6.45) is 0. The zero-order valence-corrected chi connectivity index (χ0v) is 16.2. The van der Waals surface area contributed by atoms with Crippen LogP contribution in [0.4, 0.5) is 0 Å². The molecule has 1 aromatic heterocycles. The summed E-state index contributed by atoms with van der Waals surface area (Å²) in [4.78, 5) is 24.3. The van der Waals surface area contributed by atoms with Crippen molar-refractivity contribution in [1.82, 2.24) is 31.1 Å². The Bertz CT molecular complexity index is 982. The molecule has 11 heteroatoms. The number of rotatable bonds is 6. The van der Waals surface area contributed by atoms with E-state index < -0.39 is 11.8 Å². The number of aromatic nitrogens is 4. The summed E-state index contributed by atoms with van der Waals surface area (Å²) in [7, 11) is 1.44. The number of nitrogens with zero attached hydrogens (tertiary/aromatic N) is 4. The van der Waals surface area contributed by atoms with Crippen molar-refractivity contribution in [3.8, 4) is 11.4 Å². The lowest BCUT2D eigenvalue weighted by molar-refractivity contribution is -0.119. The van der Waals surface area contributed by atoms with Gasteiger partial charge in [-0.25, -0.2) is 0 Å². The molecule has 2 aromatic carbocycles. The second-order valence-electron chi connectivity index (χ2n) is 5.34. The summed E-state index contributed by atoms with van der Waals surface area (Å²) >= 11 is 7.04. The van der Waals surface area contributed by atoms with Crippen LogP contribution in [0.3, 0.4) is 0 Å². The number of para-hydroxylation sites is 1. The maximum atomic E-state index is 12.2. The van der Waals surface area contributed by atoms with Crippen LogP contribution in [-0.4, -0.2) is 44.9 Å². The van der Waals surface area contributed by atoms with Gasteiger partial charge in [0, 0.05) is 5.02 Å². The molecule has 9 nitrogen and oxygen atoms in total. The Morgan fingerprint density at radius 1 is 1.18 bits per heavy atom. The molecule has 0 unspecified atom stereocenters. The molecule has 1 heterocycles. The summed E-state index contributed by atoms with van der Waals surface area (Å²) in [5.74, 6) is -0.637. The van der Waals surface area contributed by atoms with Crippen molar-refractivity contribution in [2.75, 3.05) is 12.9 Å². The van der Waals surface area contributed by atoms with Gasteiger partial charge in [-0.1, -0.05) is 41.6 Å². The molecule has 3 rings (SSSR count). The molecule has 0 bridgehead atoms. The van der Waals surface area contributed by atoms with Crippen LogP contribution in [-0.2, 0) is 4.79 Å². The van der Waals surface area contributed by atoms with E-state index in [4.69, 9.17) is 16.3 Å². The molecule has 0 aliphatic rings. The lowest BCUT2D eigenvalue weighted by Crippen LogP contribution is -2.42. The van der Waals surface area contributed by atoms with Crippen molar-refractivity contribution < 1.29 is 14.3 Å². The first kappa shape index (κ1) is 19.6. The fraction of sp³-hybridized carbons (Fsp3) is 0.118. The van der Waals surface area contributed by atoms with E-state index in [1.165, 1.54) is 17.9 Å². The minimum Gasteiger partial charge on any atom is -0.496 e. The predicted molar refractivity (Wildman–Crippen MR) is 103 cm³/mol. The molecule has 144 valence electrons. The van der Waals surface area contributed by atoms with Gasteiger partial charge in [-0.15, -0.1) is 5.10 Å².